The van der Waals surface area contributed by atoms with Gasteiger partial charge in [0.15, 0.2) is 0 Å². The highest BCUT2D eigenvalue weighted by Gasteiger charge is 2.01. The molecular weight excluding hydrogens is 284 g/mol. The first-order valence-corrected chi connectivity index (χ1v) is 8.35. The standard InChI is InChI=1S/C21H22O2/c22-21(23)10-4-2-1-3-7-16-11-12-19-14-17-8-5-6-9-18(17)15-20(19)13-16/h5-6,8-9,11-15H,1-4,7,10H2,(H,22,23). The fraction of sp³-hybridized carbons (Fsp3) is 0.286. The third-order valence-corrected chi connectivity index (χ3v) is 4.38. The van der Waals surface area contributed by atoms with Gasteiger partial charge in [-0.25, -0.2) is 0 Å². The zero-order valence-electron chi connectivity index (χ0n) is 13.3. The van der Waals surface area contributed by atoms with E-state index in [0.717, 1.165) is 32.1 Å². The number of rotatable bonds is 7. The normalized spacial score (nSPS) is 11.1. The summed E-state index contributed by atoms with van der Waals surface area (Å²) in [6, 6.07) is 19.7. The van der Waals surface area contributed by atoms with E-state index in [1.807, 2.05) is 0 Å². The lowest BCUT2D eigenvalue weighted by molar-refractivity contribution is -0.137. The van der Waals surface area contributed by atoms with Crippen LogP contribution in [0.15, 0.2) is 54.6 Å². The van der Waals surface area contributed by atoms with Crippen LogP contribution in [-0.4, -0.2) is 11.1 Å². The zero-order chi connectivity index (χ0) is 16.1. The highest BCUT2D eigenvalue weighted by Crippen LogP contribution is 2.24. The summed E-state index contributed by atoms with van der Waals surface area (Å²) in [4.78, 5) is 10.5. The van der Waals surface area contributed by atoms with E-state index >= 15 is 0 Å². The topological polar surface area (TPSA) is 37.3 Å². The fourth-order valence-corrected chi connectivity index (χ4v) is 3.10. The molecule has 23 heavy (non-hydrogen) atoms. The maximum absolute atomic E-state index is 10.5. The van der Waals surface area contributed by atoms with Crippen LogP contribution < -0.4 is 0 Å². The van der Waals surface area contributed by atoms with Crippen LogP contribution in [0.5, 0.6) is 0 Å². The van der Waals surface area contributed by atoms with Crippen molar-refractivity contribution >= 4 is 27.5 Å². The van der Waals surface area contributed by atoms with Crippen molar-refractivity contribution in [3.8, 4) is 0 Å². The summed E-state index contributed by atoms with van der Waals surface area (Å²) in [6.45, 7) is 0. The minimum absolute atomic E-state index is 0.295. The summed E-state index contributed by atoms with van der Waals surface area (Å²) in [5.41, 5.74) is 1.37. The summed E-state index contributed by atoms with van der Waals surface area (Å²) in [5, 5.41) is 13.8. The Morgan fingerprint density at radius 1 is 0.739 bits per heavy atom. The lowest BCUT2D eigenvalue weighted by Gasteiger charge is -2.06. The molecule has 0 saturated carbocycles. The lowest BCUT2D eigenvalue weighted by atomic mass is 9.99. The molecule has 3 rings (SSSR count). The number of unbranched alkanes of at least 4 members (excludes halogenated alkanes) is 3. The maximum Gasteiger partial charge on any atom is 0.303 e. The number of aliphatic carboxylic acids is 1. The Hall–Kier alpha value is -2.35. The van der Waals surface area contributed by atoms with E-state index in [1.54, 1.807) is 0 Å². The molecule has 0 spiro atoms. The predicted octanol–water partition coefficient (Wildman–Crippen LogP) is 5.57. The summed E-state index contributed by atoms with van der Waals surface area (Å²) < 4.78 is 0. The van der Waals surface area contributed by atoms with E-state index in [-0.39, 0.29) is 0 Å². The Morgan fingerprint density at radius 2 is 1.39 bits per heavy atom. The second-order valence-electron chi connectivity index (χ2n) is 6.19. The molecule has 3 aromatic carbocycles. The molecule has 2 nitrogen and oxygen atoms in total. The van der Waals surface area contributed by atoms with Gasteiger partial charge in [0.05, 0.1) is 0 Å². The van der Waals surface area contributed by atoms with Crippen molar-refractivity contribution in [1.29, 1.82) is 0 Å². The lowest BCUT2D eigenvalue weighted by Crippen LogP contribution is -1.94. The largest absolute Gasteiger partial charge is 0.481 e. The number of carboxylic acid groups (broad SMARTS) is 1. The molecule has 3 aromatic rings. The van der Waals surface area contributed by atoms with Gasteiger partial charge < -0.3 is 5.11 Å². The highest BCUT2D eigenvalue weighted by atomic mass is 16.4. The van der Waals surface area contributed by atoms with E-state index in [2.05, 4.69) is 54.6 Å². The number of hydrogen-bond acceptors (Lipinski definition) is 1. The molecule has 0 aliphatic heterocycles. The summed E-state index contributed by atoms with van der Waals surface area (Å²) in [5.74, 6) is -0.688. The molecule has 0 radical (unpaired) electrons. The molecule has 118 valence electrons. The summed E-state index contributed by atoms with van der Waals surface area (Å²) >= 11 is 0. The molecule has 1 N–H and O–H groups in total. The Morgan fingerprint density at radius 3 is 2.13 bits per heavy atom. The minimum Gasteiger partial charge on any atom is -0.481 e. The van der Waals surface area contributed by atoms with Gasteiger partial charge in [0, 0.05) is 6.42 Å². The van der Waals surface area contributed by atoms with E-state index in [4.69, 9.17) is 5.11 Å². The second kappa shape index (κ2) is 7.28. The molecule has 0 heterocycles. The average molecular weight is 306 g/mol. The smallest absolute Gasteiger partial charge is 0.303 e. The van der Waals surface area contributed by atoms with Crippen LogP contribution in [-0.2, 0) is 11.2 Å². The van der Waals surface area contributed by atoms with Crippen LogP contribution in [0.1, 0.15) is 37.7 Å². The Kier molecular flexibility index (Phi) is 4.92. The number of carbonyl (C=O) groups is 1. The number of fused-ring (bicyclic) bond motifs is 2. The monoisotopic (exact) mass is 306 g/mol. The molecule has 0 fully saturated rings. The van der Waals surface area contributed by atoms with Crippen molar-refractivity contribution in [2.24, 2.45) is 0 Å². The van der Waals surface area contributed by atoms with Crippen molar-refractivity contribution < 1.29 is 9.90 Å². The van der Waals surface area contributed by atoms with Gasteiger partial charge in [-0.15, -0.1) is 0 Å². The van der Waals surface area contributed by atoms with Crippen LogP contribution in [0.4, 0.5) is 0 Å². The second-order valence-corrected chi connectivity index (χ2v) is 6.19. The van der Waals surface area contributed by atoms with Crippen LogP contribution in [0.2, 0.25) is 0 Å². The molecule has 0 saturated heterocycles. The molecule has 0 aromatic heterocycles. The van der Waals surface area contributed by atoms with E-state index in [9.17, 15) is 4.79 Å². The van der Waals surface area contributed by atoms with Crippen molar-refractivity contribution in [3.63, 3.8) is 0 Å². The van der Waals surface area contributed by atoms with Crippen LogP contribution >= 0.6 is 0 Å². The SMILES string of the molecule is O=C(O)CCCCCCc1ccc2cc3ccccc3cc2c1. The number of benzene rings is 3. The van der Waals surface area contributed by atoms with Crippen molar-refractivity contribution in [1.82, 2.24) is 0 Å². The van der Waals surface area contributed by atoms with Gasteiger partial charge in [0.1, 0.15) is 0 Å². The number of hydrogen-bond donors (Lipinski definition) is 1. The van der Waals surface area contributed by atoms with Gasteiger partial charge >= 0.3 is 5.97 Å². The Labute approximate surface area is 136 Å². The first kappa shape index (κ1) is 15.5. The summed E-state index contributed by atoms with van der Waals surface area (Å²) in [6.07, 6.45) is 5.38. The minimum atomic E-state index is -0.688. The predicted molar refractivity (Wildman–Crippen MR) is 95.9 cm³/mol. The first-order valence-electron chi connectivity index (χ1n) is 8.35. The third-order valence-electron chi connectivity index (χ3n) is 4.38. The van der Waals surface area contributed by atoms with Gasteiger partial charge in [-0.3, -0.25) is 4.79 Å². The van der Waals surface area contributed by atoms with E-state index < -0.39 is 5.97 Å². The molecule has 0 bridgehead atoms. The van der Waals surface area contributed by atoms with Crippen molar-refractivity contribution in [2.45, 2.75) is 38.5 Å². The molecule has 0 unspecified atom stereocenters. The Bertz CT molecular complexity index is 820. The molecule has 0 atom stereocenters. The van der Waals surface area contributed by atoms with Gasteiger partial charge in [-0.1, -0.05) is 55.3 Å². The maximum atomic E-state index is 10.5. The van der Waals surface area contributed by atoms with Crippen LogP contribution in [0.3, 0.4) is 0 Å². The summed E-state index contributed by atoms with van der Waals surface area (Å²) in [7, 11) is 0. The van der Waals surface area contributed by atoms with Gasteiger partial charge in [0.2, 0.25) is 0 Å². The van der Waals surface area contributed by atoms with E-state index in [1.165, 1.54) is 27.1 Å². The molecule has 0 aliphatic carbocycles. The Balaban J connectivity index is 1.63. The van der Waals surface area contributed by atoms with Crippen molar-refractivity contribution in [3.05, 3.63) is 60.2 Å². The third kappa shape index (κ3) is 4.10. The molecular formula is C21H22O2. The van der Waals surface area contributed by atoms with E-state index in [0.29, 0.717) is 6.42 Å². The molecule has 0 aliphatic rings. The average Bonchev–Trinajstić information content (AvgIpc) is 2.55. The first-order chi connectivity index (χ1) is 11.2. The van der Waals surface area contributed by atoms with Gasteiger partial charge in [-0.05, 0) is 58.5 Å². The highest BCUT2D eigenvalue weighted by molar-refractivity contribution is 5.98. The fourth-order valence-electron chi connectivity index (χ4n) is 3.10. The number of aryl methyl sites for hydroxylation is 1. The quantitative estimate of drug-likeness (QED) is 0.457. The zero-order valence-corrected chi connectivity index (χ0v) is 13.3. The van der Waals surface area contributed by atoms with Crippen LogP contribution in [0.25, 0.3) is 21.5 Å². The van der Waals surface area contributed by atoms with Gasteiger partial charge in [0.25, 0.3) is 0 Å². The number of carboxylic acids is 1. The molecule has 2 heteroatoms. The van der Waals surface area contributed by atoms with Crippen LogP contribution in [0, 0.1) is 0 Å². The van der Waals surface area contributed by atoms with Crippen molar-refractivity contribution in [2.75, 3.05) is 0 Å². The van der Waals surface area contributed by atoms with Gasteiger partial charge in [-0.2, -0.15) is 0 Å². The molecule has 0 amide bonds.